The van der Waals surface area contributed by atoms with E-state index in [4.69, 9.17) is 16.7 Å². The second-order valence-corrected chi connectivity index (χ2v) is 5.21. The summed E-state index contributed by atoms with van der Waals surface area (Å²) >= 11 is 5.78. The van der Waals surface area contributed by atoms with Crippen LogP contribution in [0.1, 0.15) is 36.0 Å². The summed E-state index contributed by atoms with van der Waals surface area (Å²) in [4.78, 5) is 23.2. The highest BCUT2D eigenvalue weighted by molar-refractivity contribution is 6.30. The Kier molecular flexibility index (Phi) is 4.02. The number of aliphatic carboxylic acids is 1. The zero-order valence-electron chi connectivity index (χ0n) is 9.93. The molecule has 1 saturated carbocycles. The zero-order valence-corrected chi connectivity index (χ0v) is 10.7. The van der Waals surface area contributed by atoms with Gasteiger partial charge in [-0.25, -0.2) is 0 Å². The third-order valence-corrected chi connectivity index (χ3v) is 3.77. The van der Waals surface area contributed by atoms with E-state index in [9.17, 15) is 9.59 Å². The predicted molar refractivity (Wildman–Crippen MR) is 68.9 cm³/mol. The Labute approximate surface area is 111 Å². The fourth-order valence-electron chi connectivity index (χ4n) is 2.50. The number of carboxylic acid groups (broad SMARTS) is 1. The second-order valence-electron chi connectivity index (χ2n) is 4.77. The summed E-state index contributed by atoms with van der Waals surface area (Å²) in [5.41, 5.74) is 0.621. The van der Waals surface area contributed by atoms with Crippen LogP contribution in [-0.2, 0) is 4.79 Å². The van der Waals surface area contributed by atoms with E-state index in [2.05, 4.69) is 0 Å². The van der Waals surface area contributed by atoms with Crippen LogP contribution >= 0.6 is 11.6 Å². The first-order valence-corrected chi connectivity index (χ1v) is 6.48. The Morgan fingerprint density at radius 2 is 1.72 bits per heavy atom. The van der Waals surface area contributed by atoms with Crippen LogP contribution in [0.15, 0.2) is 24.3 Å². The van der Waals surface area contributed by atoms with E-state index >= 15 is 0 Å². The number of carbonyl (C=O) groups is 2. The molecule has 1 aliphatic rings. The molecule has 2 atom stereocenters. The minimum atomic E-state index is -0.788. The maximum Gasteiger partial charge on any atom is 0.306 e. The van der Waals surface area contributed by atoms with E-state index in [1.807, 2.05) is 0 Å². The summed E-state index contributed by atoms with van der Waals surface area (Å²) in [6.45, 7) is 0. The van der Waals surface area contributed by atoms with Crippen LogP contribution in [0.4, 0.5) is 0 Å². The van der Waals surface area contributed by atoms with Gasteiger partial charge in [-0.15, -0.1) is 0 Å². The third-order valence-electron chi connectivity index (χ3n) is 3.52. The maximum atomic E-state index is 12.2. The van der Waals surface area contributed by atoms with Crippen LogP contribution in [0, 0.1) is 11.8 Å². The van der Waals surface area contributed by atoms with Gasteiger partial charge in [-0.2, -0.15) is 0 Å². The molecule has 0 amide bonds. The topological polar surface area (TPSA) is 54.4 Å². The normalized spacial score (nSPS) is 23.6. The van der Waals surface area contributed by atoms with Gasteiger partial charge in [0.05, 0.1) is 5.92 Å². The molecule has 0 aromatic heterocycles. The first-order chi connectivity index (χ1) is 8.58. The lowest BCUT2D eigenvalue weighted by atomic mass is 9.78. The van der Waals surface area contributed by atoms with Crippen molar-refractivity contribution in [1.29, 1.82) is 0 Å². The van der Waals surface area contributed by atoms with Crippen molar-refractivity contribution in [2.24, 2.45) is 11.8 Å². The van der Waals surface area contributed by atoms with E-state index in [1.54, 1.807) is 24.3 Å². The molecule has 0 saturated heterocycles. The largest absolute Gasteiger partial charge is 0.481 e. The molecule has 0 radical (unpaired) electrons. The molecular weight excluding hydrogens is 252 g/mol. The molecule has 96 valence electrons. The number of Topliss-reactive ketones (excluding diaryl/α,β-unsaturated/α-hetero) is 1. The molecule has 2 rings (SSSR count). The van der Waals surface area contributed by atoms with Crippen molar-refractivity contribution in [2.75, 3.05) is 0 Å². The average molecular weight is 267 g/mol. The molecule has 2 unspecified atom stereocenters. The number of hydrogen-bond acceptors (Lipinski definition) is 2. The minimum Gasteiger partial charge on any atom is -0.481 e. The van der Waals surface area contributed by atoms with Crippen LogP contribution in [0.25, 0.3) is 0 Å². The number of carbonyl (C=O) groups excluding carboxylic acids is 1. The van der Waals surface area contributed by atoms with Crippen molar-refractivity contribution in [3.05, 3.63) is 34.9 Å². The summed E-state index contributed by atoms with van der Waals surface area (Å²) in [5.74, 6) is -1.29. The molecular formula is C14H15ClO3. The molecule has 1 aliphatic carbocycles. The fraction of sp³-hybridized carbons (Fsp3) is 0.429. The molecule has 3 nitrogen and oxygen atoms in total. The molecule has 0 spiro atoms. The number of carboxylic acids is 1. The Balaban J connectivity index is 2.09. The predicted octanol–water partition coefficient (Wildman–Crippen LogP) is 3.41. The van der Waals surface area contributed by atoms with E-state index in [0.29, 0.717) is 23.4 Å². The lowest BCUT2D eigenvalue weighted by Gasteiger charge is -2.25. The number of halogens is 1. The molecule has 1 N–H and O–H groups in total. The molecule has 0 heterocycles. The minimum absolute atomic E-state index is 0.0395. The number of rotatable bonds is 3. The van der Waals surface area contributed by atoms with Crippen molar-refractivity contribution < 1.29 is 14.7 Å². The molecule has 1 fully saturated rings. The van der Waals surface area contributed by atoms with Gasteiger partial charge in [0.1, 0.15) is 0 Å². The number of benzene rings is 1. The van der Waals surface area contributed by atoms with Crippen LogP contribution in [0.3, 0.4) is 0 Å². The van der Waals surface area contributed by atoms with Gasteiger partial charge < -0.3 is 5.11 Å². The van der Waals surface area contributed by atoms with Gasteiger partial charge >= 0.3 is 5.97 Å². The van der Waals surface area contributed by atoms with Crippen molar-refractivity contribution in [2.45, 2.75) is 25.7 Å². The molecule has 0 aliphatic heterocycles. The highest BCUT2D eigenvalue weighted by Crippen LogP contribution is 2.31. The summed E-state index contributed by atoms with van der Waals surface area (Å²) in [7, 11) is 0. The SMILES string of the molecule is O=C(O)C1CCCC(C(=O)c2ccc(Cl)cc2)C1. The van der Waals surface area contributed by atoms with E-state index in [-0.39, 0.29) is 17.6 Å². The average Bonchev–Trinajstić information content (AvgIpc) is 2.39. The fourth-order valence-corrected chi connectivity index (χ4v) is 2.63. The summed E-state index contributed by atoms with van der Waals surface area (Å²) in [6.07, 6.45) is 2.72. The van der Waals surface area contributed by atoms with Crippen LogP contribution in [-0.4, -0.2) is 16.9 Å². The van der Waals surface area contributed by atoms with Gasteiger partial charge in [-0.3, -0.25) is 9.59 Å². The lowest BCUT2D eigenvalue weighted by molar-refractivity contribution is -0.143. The number of hydrogen-bond donors (Lipinski definition) is 1. The Morgan fingerprint density at radius 1 is 1.11 bits per heavy atom. The van der Waals surface area contributed by atoms with E-state index < -0.39 is 5.97 Å². The van der Waals surface area contributed by atoms with Gasteiger partial charge in [0.25, 0.3) is 0 Å². The first kappa shape index (κ1) is 13.1. The summed E-state index contributed by atoms with van der Waals surface area (Å²) < 4.78 is 0. The smallest absolute Gasteiger partial charge is 0.306 e. The highest BCUT2D eigenvalue weighted by Gasteiger charge is 2.31. The van der Waals surface area contributed by atoms with Gasteiger partial charge in [0, 0.05) is 16.5 Å². The summed E-state index contributed by atoms with van der Waals surface area (Å²) in [5, 5.41) is 9.61. The van der Waals surface area contributed by atoms with Crippen LogP contribution in [0.5, 0.6) is 0 Å². The van der Waals surface area contributed by atoms with E-state index in [0.717, 1.165) is 12.8 Å². The van der Waals surface area contributed by atoms with Crippen molar-refractivity contribution in [3.63, 3.8) is 0 Å². The lowest BCUT2D eigenvalue weighted by Crippen LogP contribution is -2.27. The van der Waals surface area contributed by atoms with Crippen molar-refractivity contribution in [3.8, 4) is 0 Å². The number of ketones is 1. The van der Waals surface area contributed by atoms with Crippen LogP contribution < -0.4 is 0 Å². The quantitative estimate of drug-likeness (QED) is 0.853. The second kappa shape index (κ2) is 5.53. The van der Waals surface area contributed by atoms with Crippen molar-refractivity contribution in [1.82, 2.24) is 0 Å². The summed E-state index contributed by atoms with van der Waals surface area (Å²) in [6, 6.07) is 6.78. The van der Waals surface area contributed by atoms with E-state index in [1.165, 1.54) is 0 Å². The Hall–Kier alpha value is -1.35. The molecule has 1 aromatic carbocycles. The van der Waals surface area contributed by atoms with Gasteiger partial charge in [-0.05, 0) is 43.5 Å². The van der Waals surface area contributed by atoms with Gasteiger partial charge in [0.2, 0.25) is 0 Å². The first-order valence-electron chi connectivity index (χ1n) is 6.10. The highest BCUT2D eigenvalue weighted by atomic mass is 35.5. The van der Waals surface area contributed by atoms with Gasteiger partial charge in [-0.1, -0.05) is 18.0 Å². The monoisotopic (exact) mass is 266 g/mol. The zero-order chi connectivity index (χ0) is 13.1. The Bertz CT molecular complexity index is 453. The molecule has 1 aromatic rings. The van der Waals surface area contributed by atoms with Crippen LogP contribution in [0.2, 0.25) is 5.02 Å². The maximum absolute atomic E-state index is 12.2. The van der Waals surface area contributed by atoms with Crippen molar-refractivity contribution >= 4 is 23.4 Å². The van der Waals surface area contributed by atoms with Gasteiger partial charge in [0.15, 0.2) is 5.78 Å². The molecule has 0 bridgehead atoms. The standard InChI is InChI=1S/C14H15ClO3/c15-12-6-4-9(5-7-12)13(16)10-2-1-3-11(8-10)14(17)18/h4-7,10-11H,1-3,8H2,(H,17,18). The molecule has 4 heteroatoms. The third kappa shape index (κ3) is 2.91. The molecule has 18 heavy (non-hydrogen) atoms. The Morgan fingerprint density at radius 3 is 2.33 bits per heavy atom.